The van der Waals surface area contributed by atoms with E-state index in [0.717, 1.165) is 39.9 Å². The molecule has 1 aromatic heterocycles. The third-order valence-electron chi connectivity index (χ3n) is 4.77. The number of pyridine rings is 1. The van der Waals surface area contributed by atoms with Gasteiger partial charge in [0, 0.05) is 0 Å². The Kier molecular flexibility index (Phi) is 6.23. The Bertz CT molecular complexity index is 1060. The average molecular weight is 386 g/mol. The summed E-state index contributed by atoms with van der Waals surface area (Å²) in [6.45, 7) is 10.3. The van der Waals surface area contributed by atoms with Gasteiger partial charge >= 0.3 is 0 Å². The molecule has 148 valence electrons. The molecule has 4 nitrogen and oxygen atoms in total. The molecule has 1 heterocycles. The smallest absolute Gasteiger partial charge is 0.119 e. The van der Waals surface area contributed by atoms with Gasteiger partial charge in [-0.1, -0.05) is 23.8 Å². The fourth-order valence-corrected chi connectivity index (χ4v) is 3.32. The van der Waals surface area contributed by atoms with Gasteiger partial charge < -0.3 is 4.74 Å². The largest absolute Gasteiger partial charge is 0.497 e. The summed E-state index contributed by atoms with van der Waals surface area (Å²) in [5, 5.41) is 0. The highest BCUT2D eigenvalue weighted by Crippen LogP contribution is 2.26. The van der Waals surface area contributed by atoms with E-state index in [4.69, 9.17) is 14.7 Å². The van der Waals surface area contributed by atoms with Gasteiger partial charge in [-0.25, -0.2) is 4.98 Å². The molecule has 0 unspecified atom stereocenters. The molecule has 2 aromatic carbocycles. The highest BCUT2D eigenvalue weighted by atomic mass is 16.5. The zero-order chi connectivity index (χ0) is 21.0. The summed E-state index contributed by atoms with van der Waals surface area (Å²) in [6.07, 6.45) is 0. The highest BCUT2D eigenvalue weighted by Gasteiger charge is 2.07. The van der Waals surface area contributed by atoms with Crippen molar-refractivity contribution in [1.29, 1.82) is 0 Å². The van der Waals surface area contributed by atoms with Crippen LogP contribution in [-0.2, 0) is 0 Å². The number of ether oxygens (including phenoxy) is 1. The Morgan fingerprint density at radius 3 is 1.90 bits per heavy atom. The van der Waals surface area contributed by atoms with Gasteiger partial charge in [0.1, 0.15) is 5.75 Å². The van der Waals surface area contributed by atoms with Gasteiger partial charge in [0.05, 0.1) is 41.3 Å². The van der Waals surface area contributed by atoms with E-state index in [2.05, 4.69) is 37.9 Å². The monoisotopic (exact) mass is 385 g/mol. The van der Waals surface area contributed by atoms with E-state index in [1.807, 2.05) is 56.3 Å². The Morgan fingerprint density at radius 2 is 1.34 bits per heavy atom. The van der Waals surface area contributed by atoms with Crippen LogP contribution in [0.1, 0.15) is 41.9 Å². The first-order valence-corrected chi connectivity index (χ1v) is 9.67. The van der Waals surface area contributed by atoms with Crippen molar-refractivity contribution in [2.75, 3.05) is 7.11 Å². The first-order valence-electron chi connectivity index (χ1n) is 9.67. The second kappa shape index (κ2) is 8.82. The fourth-order valence-electron chi connectivity index (χ4n) is 3.32. The van der Waals surface area contributed by atoms with Crippen LogP contribution in [0.15, 0.2) is 64.6 Å². The van der Waals surface area contributed by atoms with Crippen LogP contribution < -0.4 is 4.74 Å². The van der Waals surface area contributed by atoms with Crippen molar-refractivity contribution in [3.63, 3.8) is 0 Å². The van der Waals surface area contributed by atoms with Crippen molar-refractivity contribution >= 4 is 22.8 Å². The normalized spacial score (nSPS) is 12.2. The third kappa shape index (κ3) is 4.96. The molecule has 0 saturated carbocycles. The molecular weight excluding hydrogens is 358 g/mol. The number of hydrogen-bond acceptors (Lipinski definition) is 4. The summed E-state index contributed by atoms with van der Waals surface area (Å²) in [7, 11) is 1.66. The van der Waals surface area contributed by atoms with Crippen molar-refractivity contribution in [2.45, 2.75) is 34.6 Å². The summed E-state index contributed by atoms with van der Waals surface area (Å²) in [4.78, 5) is 14.3. The maximum Gasteiger partial charge on any atom is 0.119 e. The number of benzene rings is 2. The van der Waals surface area contributed by atoms with Crippen LogP contribution >= 0.6 is 0 Å². The molecule has 0 saturated heterocycles. The van der Waals surface area contributed by atoms with Gasteiger partial charge in [0.15, 0.2) is 0 Å². The van der Waals surface area contributed by atoms with Crippen LogP contribution in [0.4, 0.5) is 11.4 Å². The average Bonchev–Trinajstić information content (AvgIpc) is 2.71. The predicted octanol–water partition coefficient (Wildman–Crippen LogP) is 6.30. The van der Waals surface area contributed by atoms with Gasteiger partial charge in [-0.2, -0.15) is 0 Å². The van der Waals surface area contributed by atoms with E-state index in [9.17, 15) is 0 Å². The summed E-state index contributed by atoms with van der Waals surface area (Å²) in [5.41, 5.74) is 8.92. The standard InChI is InChI=1S/C25H27N3O/c1-16-14-17(2)25(18(3)15-16)27-20(5)24-9-7-8-23(28-24)19(4)26-21-10-12-22(29-6)13-11-21/h7-15H,1-6H3/b26-19+,27-20+. The summed E-state index contributed by atoms with van der Waals surface area (Å²) >= 11 is 0. The minimum Gasteiger partial charge on any atom is -0.497 e. The molecule has 4 heteroatoms. The van der Waals surface area contributed by atoms with E-state index < -0.39 is 0 Å². The molecule has 0 atom stereocenters. The molecular formula is C25H27N3O. The Morgan fingerprint density at radius 1 is 0.793 bits per heavy atom. The number of aryl methyl sites for hydroxylation is 3. The molecule has 0 bridgehead atoms. The van der Waals surface area contributed by atoms with Crippen LogP contribution in [0.3, 0.4) is 0 Å². The van der Waals surface area contributed by atoms with Crippen molar-refractivity contribution < 1.29 is 4.74 Å². The lowest BCUT2D eigenvalue weighted by Gasteiger charge is -2.09. The molecule has 0 amide bonds. The van der Waals surface area contributed by atoms with Crippen LogP contribution in [0, 0.1) is 20.8 Å². The lowest BCUT2D eigenvalue weighted by molar-refractivity contribution is 0.415. The van der Waals surface area contributed by atoms with E-state index in [-0.39, 0.29) is 0 Å². The van der Waals surface area contributed by atoms with Gasteiger partial charge in [0.2, 0.25) is 0 Å². The van der Waals surface area contributed by atoms with Crippen LogP contribution in [0.25, 0.3) is 0 Å². The topological polar surface area (TPSA) is 46.8 Å². The Hall–Kier alpha value is -3.27. The molecule has 3 aromatic rings. The molecule has 29 heavy (non-hydrogen) atoms. The van der Waals surface area contributed by atoms with E-state index in [1.165, 1.54) is 16.7 Å². The van der Waals surface area contributed by atoms with E-state index in [0.29, 0.717) is 0 Å². The lowest BCUT2D eigenvalue weighted by Crippen LogP contribution is -2.05. The Labute approximate surface area is 173 Å². The minimum atomic E-state index is 0.815. The van der Waals surface area contributed by atoms with Crippen molar-refractivity contribution in [3.8, 4) is 5.75 Å². The number of aliphatic imine (C=N–C) groups is 2. The van der Waals surface area contributed by atoms with Gasteiger partial charge in [-0.3, -0.25) is 9.98 Å². The lowest BCUT2D eigenvalue weighted by atomic mass is 10.1. The fraction of sp³-hybridized carbons (Fsp3) is 0.240. The number of aromatic nitrogens is 1. The van der Waals surface area contributed by atoms with Gasteiger partial charge in [0.25, 0.3) is 0 Å². The van der Waals surface area contributed by atoms with Crippen molar-refractivity contribution in [3.05, 3.63) is 82.7 Å². The number of methoxy groups -OCH3 is 1. The highest BCUT2D eigenvalue weighted by molar-refractivity contribution is 6.02. The third-order valence-corrected chi connectivity index (χ3v) is 4.77. The molecule has 0 aliphatic carbocycles. The molecule has 0 aliphatic rings. The maximum atomic E-state index is 5.20. The van der Waals surface area contributed by atoms with Crippen molar-refractivity contribution in [2.24, 2.45) is 9.98 Å². The van der Waals surface area contributed by atoms with E-state index in [1.54, 1.807) is 7.11 Å². The molecule has 0 aliphatic heterocycles. The summed E-state index contributed by atoms with van der Waals surface area (Å²) in [6, 6.07) is 18.0. The zero-order valence-corrected chi connectivity index (χ0v) is 17.9. The number of hydrogen-bond donors (Lipinski definition) is 0. The molecule has 0 radical (unpaired) electrons. The summed E-state index contributed by atoms with van der Waals surface area (Å²) in [5.74, 6) is 0.815. The van der Waals surface area contributed by atoms with Gasteiger partial charge in [-0.05, 0) is 82.1 Å². The number of rotatable bonds is 5. The molecule has 3 rings (SSSR count). The molecule has 0 spiro atoms. The van der Waals surface area contributed by atoms with Crippen LogP contribution in [-0.4, -0.2) is 23.5 Å². The molecule has 0 fully saturated rings. The number of nitrogens with zero attached hydrogens (tertiary/aromatic N) is 3. The minimum absolute atomic E-state index is 0.815. The first kappa shape index (κ1) is 20.5. The predicted molar refractivity (Wildman–Crippen MR) is 122 cm³/mol. The van der Waals surface area contributed by atoms with Crippen molar-refractivity contribution in [1.82, 2.24) is 4.98 Å². The van der Waals surface area contributed by atoms with E-state index >= 15 is 0 Å². The zero-order valence-electron chi connectivity index (χ0n) is 17.9. The van der Waals surface area contributed by atoms with Crippen LogP contribution in [0.2, 0.25) is 0 Å². The van der Waals surface area contributed by atoms with Crippen LogP contribution in [0.5, 0.6) is 5.75 Å². The Balaban J connectivity index is 1.91. The SMILES string of the molecule is COc1ccc(/N=C(\C)c2cccc(/C(C)=N/c3c(C)cc(C)cc3C)n2)cc1. The maximum absolute atomic E-state index is 5.20. The van der Waals surface area contributed by atoms with Gasteiger partial charge in [-0.15, -0.1) is 0 Å². The summed E-state index contributed by atoms with van der Waals surface area (Å²) < 4.78 is 5.20. The first-order chi connectivity index (χ1) is 13.9. The second-order valence-corrected chi connectivity index (χ2v) is 7.25. The molecule has 0 N–H and O–H groups in total. The second-order valence-electron chi connectivity index (χ2n) is 7.25. The quantitative estimate of drug-likeness (QED) is 0.484.